The quantitative estimate of drug-likeness (QED) is 0.666. The lowest BCUT2D eigenvalue weighted by molar-refractivity contribution is -0.123. The van der Waals surface area contributed by atoms with Crippen LogP contribution < -0.4 is 10.2 Å². The molecule has 0 heterocycles. The van der Waals surface area contributed by atoms with Crippen LogP contribution in [0.5, 0.6) is 5.75 Å². The molecular weight excluding hydrogens is 288 g/mol. The third-order valence-corrected chi connectivity index (χ3v) is 3.86. The van der Waals surface area contributed by atoms with Crippen LogP contribution in [-0.2, 0) is 4.79 Å². The first kappa shape index (κ1) is 15.8. The summed E-state index contributed by atoms with van der Waals surface area (Å²) in [5.41, 5.74) is 3.41. The molecule has 0 unspecified atom stereocenters. The van der Waals surface area contributed by atoms with Crippen molar-refractivity contribution in [2.75, 3.05) is 6.61 Å². The van der Waals surface area contributed by atoms with E-state index >= 15 is 0 Å². The second-order valence-corrected chi connectivity index (χ2v) is 5.85. The number of ether oxygens (including phenoxy) is 1. The van der Waals surface area contributed by atoms with Crippen LogP contribution in [0.25, 0.3) is 0 Å². The Kier molecular flexibility index (Phi) is 6.05. The van der Waals surface area contributed by atoms with Gasteiger partial charge in [0.2, 0.25) is 0 Å². The van der Waals surface area contributed by atoms with Gasteiger partial charge in [0.15, 0.2) is 6.61 Å². The molecule has 0 saturated heterocycles. The molecule has 1 aliphatic carbocycles. The Bertz CT molecular complexity index is 511. The van der Waals surface area contributed by atoms with Crippen LogP contribution in [-0.4, -0.2) is 18.7 Å². The Morgan fingerprint density at radius 1 is 1.43 bits per heavy atom. The second-order valence-electron chi connectivity index (χ2n) is 5.41. The summed E-state index contributed by atoms with van der Waals surface area (Å²) in [6, 6.07) is 5.30. The van der Waals surface area contributed by atoms with E-state index in [0.29, 0.717) is 16.7 Å². The number of carbonyl (C=O) groups excluding carboxylic acids is 1. The molecule has 0 aromatic heterocycles. The lowest BCUT2D eigenvalue weighted by atomic mass is 9.90. The number of aryl methyl sites for hydroxylation is 1. The van der Waals surface area contributed by atoms with Gasteiger partial charge >= 0.3 is 0 Å². The first-order valence-corrected chi connectivity index (χ1v) is 7.74. The number of rotatable bonds is 5. The minimum absolute atomic E-state index is 0.0511. The maximum absolute atomic E-state index is 11.7. The molecule has 0 spiro atoms. The Labute approximate surface area is 130 Å². The highest BCUT2D eigenvalue weighted by Crippen LogP contribution is 2.22. The highest BCUT2D eigenvalue weighted by Gasteiger charge is 2.11. The van der Waals surface area contributed by atoms with Crippen molar-refractivity contribution in [3.05, 3.63) is 28.8 Å². The number of benzene rings is 1. The van der Waals surface area contributed by atoms with Crippen molar-refractivity contribution in [2.24, 2.45) is 11.0 Å². The SMILES string of the molecule is Cc1cc(Cl)ccc1OCC(=O)NN=CC1CCCCC1. The van der Waals surface area contributed by atoms with Crippen LogP contribution in [0.3, 0.4) is 0 Å². The topological polar surface area (TPSA) is 50.7 Å². The van der Waals surface area contributed by atoms with Crippen molar-refractivity contribution in [3.63, 3.8) is 0 Å². The minimum Gasteiger partial charge on any atom is -0.483 e. The van der Waals surface area contributed by atoms with E-state index in [1.165, 1.54) is 32.1 Å². The molecule has 1 aromatic carbocycles. The monoisotopic (exact) mass is 308 g/mol. The standard InChI is InChI=1S/C16H21ClN2O2/c1-12-9-14(17)7-8-15(12)21-11-16(20)19-18-10-13-5-3-2-4-6-13/h7-10,13H,2-6,11H2,1H3,(H,19,20). The number of halogens is 1. The first-order valence-electron chi connectivity index (χ1n) is 7.36. The van der Waals surface area contributed by atoms with E-state index in [9.17, 15) is 4.79 Å². The zero-order valence-electron chi connectivity index (χ0n) is 12.3. The van der Waals surface area contributed by atoms with E-state index in [0.717, 1.165) is 5.56 Å². The van der Waals surface area contributed by atoms with E-state index < -0.39 is 0 Å². The molecule has 1 fully saturated rings. The number of hydrogen-bond acceptors (Lipinski definition) is 3. The van der Waals surface area contributed by atoms with Gasteiger partial charge in [0.25, 0.3) is 5.91 Å². The van der Waals surface area contributed by atoms with Gasteiger partial charge in [-0.2, -0.15) is 5.10 Å². The fourth-order valence-corrected chi connectivity index (χ4v) is 2.67. The smallest absolute Gasteiger partial charge is 0.277 e. The van der Waals surface area contributed by atoms with Crippen LogP contribution in [0.1, 0.15) is 37.7 Å². The van der Waals surface area contributed by atoms with Crippen LogP contribution in [0.15, 0.2) is 23.3 Å². The van der Waals surface area contributed by atoms with Gasteiger partial charge in [-0.25, -0.2) is 5.43 Å². The average molecular weight is 309 g/mol. The average Bonchev–Trinajstić information content (AvgIpc) is 2.47. The predicted octanol–water partition coefficient (Wildman–Crippen LogP) is 3.71. The van der Waals surface area contributed by atoms with Crippen LogP contribution in [0.4, 0.5) is 0 Å². The van der Waals surface area contributed by atoms with Crippen LogP contribution >= 0.6 is 11.6 Å². The van der Waals surface area contributed by atoms with E-state index in [-0.39, 0.29) is 12.5 Å². The van der Waals surface area contributed by atoms with Gasteiger partial charge in [0.05, 0.1) is 0 Å². The summed E-state index contributed by atoms with van der Waals surface area (Å²) in [5, 5.41) is 4.67. The molecule has 1 saturated carbocycles. The van der Waals surface area contributed by atoms with E-state index in [2.05, 4.69) is 10.5 Å². The van der Waals surface area contributed by atoms with E-state index in [1.54, 1.807) is 18.2 Å². The van der Waals surface area contributed by atoms with Gasteiger partial charge in [-0.05, 0) is 49.4 Å². The molecule has 1 aromatic rings. The first-order chi connectivity index (χ1) is 10.1. The van der Waals surface area contributed by atoms with Crippen LogP contribution in [0, 0.1) is 12.8 Å². The van der Waals surface area contributed by atoms with Crippen LogP contribution in [0.2, 0.25) is 5.02 Å². The molecule has 1 aliphatic rings. The summed E-state index contributed by atoms with van der Waals surface area (Å²) in [6.07, 6.45) is 8.00. The third kappa shape index (κ3) is 5.38. The van der Waals surface area contributed by atoms with E-state index in [1.807, 2.05) is 13.1 Å². The Balaban J connectivity index is 1.73. The molecule has 114 valence electrons. The number of carbonyl (C=O) groups is 1. The summed E-state index contributed by atoms with van der Waals surface area (Å²) in [6.45, 7) is 1.84. The molecule has 1 amide bonds. The third-order valence-electron chi connectivity index (χ3n) is 3.62. The molecule has 0 radical (unpaired) electrons. The highest BCUT2D eigenvalue weighted by molar-refractivity contribution is 6.30. The van der Waals surface area contributed by atoms with Crippen molar-refractivity contribution in [1.29, 1.82) is 0 Å². The van der Waals surface area contributed by atoms with Crippen molar-refractivity contribution < 1.29 is 9.53 Å². The maximum atomic E-state index is 11.7. The lowest BCUT2D eigenvalue weighted by Crippen LogP contribution is -2.25. The van der Waals surface area contributed by atoms with Crippen molar-refractivity contribution in [2.45, 2.75) is 39.0 Å². The largest absolute Gasteiger partial charge is 0.483 e. The van der Waals surface area contributed by atoms with E-state index in [4.69, 9.17) is 16.3 Å². The molecule has 2 rings (SSSR count). The molecule has 0 bridgehead atoms. The van der Waals surface area contributed by atoms with Gasteiger partial charge in [-0.1, -0.05) is 30.9 Å². The molecule has 0 aliphatic heterocycles. The maximum Gasteiger partial charge on any atom is 0.277 e. The highest BCUT2D eigenvalue weighted by atomic mass is 35.5. The van der Waals surface area contributed by atoms with Gasteiger partial charge < -0.3 is 4.74 Å². The summed E-state index contributed by atoms with van der Waals surface area (Å²) in [7, 11) is 0. The molecule has 1 N–H and O–H groups in total. The number of amides is 1. The number of nitrogens with zero attached hydrogens (tertiary/aromatic N) is 1. The summed E-state index contributed by atoms with van der Waals surface area (Å²) >= 11 is 5.87. The molecule has 5 heteroatoms. The summed E-state index contributed by atoms with van der Waals surface area (Å²) in [4.78, 5) is 11.7. The molecule has 0 atom stereocenters. The van der Waals surface area contributed by atoms with Crippen molar-refractivity contribution >= 4 is 23.7 Å². The summed E-state index contributed by atoms with van der Waals surface area (Å²) in [5.74, 6) is 0.903. The Morgan fingerprint density at radius 2 is 2.19 bits per heavy atom. The fraction of sp³-hybridized carbons (Fsp3) is 0.500. The second kappa shape index (κ2) is 8.03. The van der Waals surface area contributed by atoms with Gasteiger partial charge in [-0.3, -0.25) is 4.79 Å². The zero-order valence-corrected chi connectivity index (χ0v) is 13.0. The molecule has 4 nitrogen and oxygen atoms in total. The Hall–Kier alpha value is -1.55. The Morgan fingerprint density at radius 3 is 2.90 bits per heavy atom. The minimum atomic E-state index is -0.253. The normalized spacial score (nSPS) is 16.1. The van der Waals surface area contributed by atoms with Crippen molar-refractivity contribution in [1.82, 2.24) is 5.43 Å². The fourth-order valence-electron chi connectivity index (χ4n) is 2.45. The van der Waals surface area contributed by atoms with Crippen molar-refractivity contribution in [3.8, 4) is 5.75 Å². The molecule has 21 heavy (non-hydrogen) atoms. The number of hydrogen-bond donors (Lipinski definition) is 1. The van der Waals surface area contributed by atoms with Gasteiger partial charge in [0, 0.05) is 11.2 Å². The molecular formula is C16H21ClN2O2. The number of nitrogens with one attached hydrogen (secondary N) is 1. The predicted molar refractivity (Wildman–Crippen MR) is 84.9 cm³/mol. The number of hydrazone groups is 1. The lowest BCUT2D eigenvalue weighted by Gasteiger charge is -2.16. The zero-order chi connectivity index (χ0) is 15.1. The summed E-state index contributed by atoms with van der Waals surface area (Å²) < 4.78 is 5.45. The van der Waals surface area contributed by atoms with Gasteiger partial charge in [0.1, 0.15) is 5.75 Å². The van der Waals surface area contributed by atoms with Gasteiger partial charge in [-0.15, -0.1) is 0 Å².